The van der Waals surface area contributed by atoms with E-state index >= 15 is 0 Å². The second kappa shape index (κ2) is 13.8. The standard InChI is InChI=1S/C25H48N2.2ClH.Ti/c1-18-16-20(24(3,4)5)10-12-22(18)26-14-9-15-27-23-13-11-21(17-19(23)2)25(6,7)8;;;/h18-23H,9-17H2,1-8H3;2*1H;/q-2;;;+2/p-2. The first kappa shape index (κ1) is 29.2. The zero-order valence-corrected chi connectivity index (χ0v) is 24.1. The molecule has 2 aliphatic carbocycles. The van der Waals surface area contributed by atoms with Gasteiger partial charge in [-0.2, -0.15) is 13.1 Å². The molecule has 0 bridgehead atoms. The van der Waals surface area contributed by atoms with E-state index in [9.17, 15) is 0 Å². The third-order valence-corrected chi connectivity index (χ3v) is 7.74. The summed E-state index contributed by atoms with van der Waals surface area (Å²) < 4.78 is 0. The van der Waals surface area contributed by atoms with Crippen LogP contribution in [-0.4, -0.2) is 25.2 Å². The first-order valence-corrected chi connectivity index (χ1v) is 16.5. The van der Waals surface area contributed by atoms with E-state index in [-0.39, 0.29) is 0 Å². The van der Waals surface area contributed by atoms with Crippen molar-refractivity contribution < 1.29 is 17.0 Å². The maximum absolute atomic E-state index is 5.07. The molecule has 0 aromatic rings. The number of nitrogens with zero attached hydrogens (tertiary/aromatic N) is 2. The Morgan fingerprint density at radius 1 is 0.700 bits per heavy atom. The first-order chi connectivity index (χ1) is 13.9. The Balaban J connectivity index is 0.00000141. The van der Waals surface area contributed by atoms with Gasteiger partial charge in [-0.25, -0.2) is 0 Å². The van der Waals surface area contributed by atoms with E-state index in [0.717, 1.165) is 43.2 Å². The van der Waals surface area contributed by atoms with E-state index in [2.05, 4.69) is 55.4 Å². The second-order valence-electron chi connectivity index (χ2n) is 12.1. The van der Waals surface area contributed by atoms with E-state index in [0.29, 0.717) is 22.9 Å². The molecule has 2 fully saturated rings. The molecular formula is C25H48Cl2N2Ti-2. The summed E-state index contributed by atoms with van der Waals surface area (Å²) in [4.78, 5) is 0. The minimum absolute atomic E-state index is 0.459. The van der Waals surface area contributed by atoms with Crippen molar-refractivity contribution in [2.45, 2.75) is 112 Å². The second-order valence-corrected chi connectivity index (χ2v) is 14.7. The van der Waals surface area contributed by atoms with Gasteiger partial charge in [0.15, 0.2) is 0 Å². The first-order valence-electron chi connectivity index (χ1n) is 12.2. The van der Waals surface area contributed by atoms with Crippen molar-refractivity contribution in [1.82, 2.24) is 0 Å². The summed E-state index contributed by atoms with van der Waals surface area (Å²) in [5, 5.41) is 10.1. The number of halogens is 2. The van der Waals surface area contributed by atoms with Crippen molar-refractivity contribution >= 4 is 18.6 Å². The topological polar surface area (TPSA) is 28.2 Å². The van der Waals surface area contributed by atoms with Crippen LogP contribution in [0.4, 0.5) is 0 Å². The van der Waals surface area contributed by atoms with Gasteiger partial charge in [0.05, 0.1) is 0 Å². The quantitative estimate of drug-likeness (QED) is 0.260. The van der Waals surface area contributed by atoms with Gasteiger partial charge in [-0.1, -0.05) is 99.3 Å². The van der Waals surface area contributed by atoms with Gasteiger partial charge in [-0.3, -0.25) is 0 Å². The fourth-order valence-corrected chi connectivity index (χ4v) is 5.46. The third-order valence-electron chi connectivity index (χ3n) is 7.74. The molecule has 0 N–H and O–H groups in total. The molecular weight excluding hydrogens is 447 g/mol. The molecule has 0 amide bonds. The summed E-state index contributed by atoms with van der Waals surface area (Å²) in [6.07, 6.45) is 9.19. The van der Waals surface area contributed by atoms with Crippen molar-refractivity contribution in [2.75, 3.05) is 13.1 Å². The fraction of sp³-hybridized carbons (Fsp3) is 1.00. The zero-order chi connectivity index (χ0) is 22.9. The van der Waals surface area contributed by atoms with E-state index in [1.54, 1.807) is 0 Å². The van der Waals surface area contributed by atoms with Gasteiger partial charge < -0.3 is 10.6 Å². The van der Waals surface area contributed by atoms with Gasteiger partial charge in [0.2, 0.25) is 0 Å². The molecule has 0 radical (unpaired) electrons. The van der Waals surface area contributed by atoms with Gasteiger partial charge in [0, 0.05) is 0 Å². The molecule has 6 atom stereocenters. The van der Waals surface area contributed by atoms with Crippen molar-refractivity contribution in [2.24, 2.45) is 34.5 Å². The van der Waals surface area contributed by atoms with Gasteiger partial charge in [0.25, 0.3) is 0 Å². The van der Waals surface area contributed by atoms with Crippen molar-refractivity contribution in [3.05, 3.63) is 10.6 Å². The van der Waals surface area contributed by atoms with Crippen LogP contribution in [0.5, 0.6) is 0 Å². The number of rotatable bonds is 6. The van der Waals surface area contributed by atoms with Crippen LogP contribution in [0.1, 0.15) is 100 Å². The van der Waals surface area contributed by atoms with Gasteiger partial charge in [-0.05, 0) is 35.5 Å². The van der Waals surface area contributed by atoms with E-state index in [4.69, 9.17) is 29.2 Å². The summed E-state index contributed by atoms with van der Waals surface area (Å²) in [6.45, 7) is 21.3. The normalized spacial score (nSPS) is 32.9. The van der Waals surface area contributed by atoms with Gasteiger partial charge in [-0.15, -0.1) is 12.1 Å². The Morgan fingerprint density at radius 2 is 1.03 bits per heavy atom. The van der Waals surface area contributed by atoms with Gasteiger partial charge in [0.1, 0.15) is 0 Å². The van der Waals surface area contributed by atoms with Crippen LogP contribution in [0.15, 0.2) is 0 Å². The molecule has 2 nitrogen and oxygen atoms in total. The summed E-state index contributed by atoms with van der Waals surface area (Å²) in [6, 6.07) is 1.20. The Hall–Kier alpha value is 1.21. The molecule has 6 unspecified atom stereocenters. The van der Waals surface area contributed by atoms with Crippen LogP contribution in [0.25, 0.3) is 10.6 Å². The Bertz CT molecular complexity index is 421. The van der Waals surface area contributed by atoms with Crippen LogP contribution in [-0.2, 0) is 17.0 Å². The molecule has 178 valence electrons. The molecule has 0 spiro atoms. The summed E-state index contributed by atoms with van der Waals surface area (Å²) in [5.41, 5.74) is 0.918. The van der Waals surface area contributed by atoms with Crippen LogP contribution in [0.3, 0.4) is 0 Å². The predicted molar refractivity (Wildman–Crippen MR) is 132 cm³/mol. The molecule has 0 aromatic heterocycles. The van der Waals surface area contributed by atoms with Gasteiger partial charge >= 0.3 is 35.6 Å². The summed E-state index contributed by atoms with van der Waals surface area (Å²) >= 11 is -0.556. The summed E-state index contributed by atoms with van der Waals surface area (Å²) in [7, 11) is 9.78. The van der Waals surface area contributed by atoms with Crippen LogP contribution < -0.4 is 0 Å². The Morgan fingerprint density at radius 3 is 1.30 bits per heavy atom. The van der Waals surface area contributed by atoms with E-state index in [1.807, 2.05) is 0 Å². The van der Waals surface area contributed by atoms with Crippen molar-refractivity contribution in [3.8, 4) is 0 Å². The molecule has 2 rings (SSSR count). The summed E-state index contributed by atoms with van der Waals surface area (Å²) in [5.74, 6) is 3.26. The van der Waals surface area contributed by atoms with E-state index < -0.39 is 17.0 Å². The molecule has 0 aliphatic heterocycles. The zero-order valence-electron chi connectivity index (χ0n) is 21.0. The molecule has 0 heterocycles. The maximum atomic E-state index is 5.07. The average molecular weight is 495 g/mol. The van der Waals surface area contributed by atoms with Crippen molar-refractivity contribution in [3.63, 3.8) is 0 Å². The molecule has 30 heavy (non-hydrogen) atoms. The van der Waals surface area contributed by atoms with E-state index in [1.165, 1.54) is 38.5 Å². The minimum atomic E-state index is -0.556. The Labute approximate surface area is 205 Å². The third kappa shape index (κ3) is 10.4. The predicted octanol–water partition coefficient (Wildman–Crippen LogP) is 9.20. The van der Waals surface area contributed by atoms with Crippen LogP contribution >= 0.6 is 18.6 Å². The Kier molecular flexibility index (Phi) is 13.5. The molecule has 0 saturated heterocycles. The monoisotopic (exact) mass is 494 g/mol. The van der Waals surface area contributed by atoms with Crippen LogP contribution in [0.2, 0.25) is 0 Å². The molecule has 5 heteroatoms. The SMILES string of the molecule is CC1CC(C(C)(C)C)CCC1[N-]CCC[N-]C1CCC(C(C)(C)C)CC1C.[Cl][Ti][Cl]. The van der Waals surface area contributed by atoms with Crippen molar-refractivity contribution in [1.29, 1.82) is 0 Å². The fourth-order valence-electron chi connectivity index (χ4n) is 5.46. The van der Waals surface area contributed by atoms with Crippen LogP contribution in [0, 0.1) is 34.5 Å². The number of hydrogen-bond acceptors (Lipinski definition) is 0. The molecule has 2 aliphatic rings. The molecule has 0 aromatic carbocycles. The average Bonchev–Trinajstić information content (AvgIpc) is 2.62. The number of hydrogen-bond donors (Lipinski definition) is 0. The molecule has 2 saturated carbocycles.